The summed E-state index contributed by atoms with van der Waals surface area (Å²) in [7, 11) is 0. The Morgan fingerprint density at radius 3 is 2.14 bits per heavy atom. The zero-order valence-corrected chi connectivity index (χ0v) is 17.2. The predicted molar refractivity (Wildman–Crippen MR) is 117 cm³/mol. The van der Waals surface area contributed by atoms with E-state index >= 15 is 0 Å². The van der Waals surface area contributed by atoms with Crippen molar-refractivity contribution in [2.45, 2.75) is 26.3 Å². The predicted octanol–water partition coefficient (Wildman–Crippen LogP) is 3.47. The molecule has 1 N–H and O–H groups in total. The third-order valence-corrected chi connectivity index (χ3v) is 4.71. The number of benzene rings is 1. The van der Waals surface area contributed by atoms with Crippen LogP contribution in [0.15, 0.2) is 54.9 Å². The summed E-state index contributed by atoms with van der Waals surface area (Å²) < 4.78 is 0. The first kappa shape index (κ1) is 19.1. The molecule has 1 saturated heterocycles. The smallest absolute Gasteiger partial charge is 0.225 e. The number of nitrogens with zero attached hydrogens (tertiary/aromatic N) is 6. The lowest BCUT2D eigenvalue weighted by Gasteiger charge is -2.35. The van der Waals surface area contributed by atoms with Crippen molar-refractivity contribution in [3.05, 3.63) is 54.9 Å². The number of rotatable bonds is 4. The first-order chi connectivity index (χ1) is 14.0. The van der Waals surface area contributed by atoms with E-state index < -0.39 is 0 Å². The van der Waals surface area contributed by atoms with Gasteiger partial charge in [-0.05, 0) is 26.8 Å². The van der Waals surface area contributed by atoms with Gasteiger partial charge in [0.2, 0.25) is 11.9 Å². The molecule has 0 aliphatic carbocycles. The molecule has 29 heavy (non-hydrogen) atoms. The van der Waals surface area contributed by atoms with E-state index in [4.69, 9.17) is 9.97 Å². The SMILES string of the molecule is CC(C)(C)Nc1nc(-c2ccccc2)cc(N2CCN(c3ncccn3)CC2)n1. The van der Waals surface area contributed by atoms with Gasteiger partial charge in [-0.3, -0.25) is 0 Å². The molecule has 1 fully saturated rings. The van der Waals surface area contributed by atoms with Crippen molar-refractivity contribution in [1.82, 2.24) is 19.9 Å². The van der Waals surface area contributed by atoms with E-state index in [0.717, 1.165) is 49.2 Å². The molecule has 7 nitrogen and oxygen atoms in total. The van der Waals surface area contributed by atoms with Gasteiger partial charge in [0, 0.05) is 55.7 Å². The average molecular weight is 390 g/mol. The number of aromatic nitrogens is 4. The molecule has 1 aromatic carbocycles. The second kappa shape index (κ2) is 8.03. The molecular formula is C22H27N7. The van der Waals surface area contributed by atoms with Gasteiger partial charge in [0.15, 0.2) is 0 Å². The normalized spacial score (nSPS) is 14.7. The van der Waals surface area contributed by atoms with Crippen LogP contribution in [0.4, 0.5) is 17.7 Å². The van der Waals surface area contributed by atoms with Crippen molar-refractivity contribution in [3.63, 3.8) is 0 Å². The lowest BCUT2D eigenvalue weighted by molar-refractivity contribution is 0.620. The largest absolute Gasteiger partial charge is 0.353 e. The molecule has 1 aliphatic rings. The molecule has 2 aromatic heterocycles. The van der Waals surface area contributed by atoms with Crippen LogP contribution in [0.25, 0.3) is 11.3 Å². The summed E-state index contributed by atoms with van der Waals surface area (Å²) in [6.07, 6.45) is 3.57. The van der Waals surface area contributed by atoms with Gasteiger partial charge in [0.1, 0.15) is 5.82 Å². The fraction of sp³-hybridized carbons (Fsp3) is 0.364. The summed E-state index contributed by atoms with van der Waals surface area (Å²) in [5, 5.41) is 3.43. The molecule has 0 spiro atoms. The Morgan fingerprint density at radius 2 is 1.48 bits per heavy atom. The van der Waals surface area contributed by atoms with Crippen LogP contribution in [0, 0.1) is 0 Å². The van der Waals surface area contributed by atoms with E-state index in [-0.39, 0.29) is 5.54 Å². The minimum atomic E-state index is -0.115. The summed E-state index contributed by atoms with van der Waals surface area (Å²) in [4.78, 5) is 22.8. The van der Waals surface area contributed by atoms with Crippen molar-refractivity contribution >= 4 is 17.7 Å². The highest BCUT2D eigenvalue weighted by molar-refractivity contribution is 5.65. The Bertz CT molecular complexity index is 930. The van der Waals surface area contributed by atoms with Gasteiger partial charge in [-0.2, -0.15) is 4.98 Å². The highest BCUT2D eigenvalue weighted by atomic mass is 15.3. The molecule has 0 unspecified atom stereocenters. The minimum absolute atomic E-state index is 0.115. The van der Waals surface area contributed by atoms with E-state index in [1.807, 2.05) is 24.3 Å². The van der Waals surface area contributed by atoms with Crippen molar-refractivity contribution in [2.24, 2.45) is 0 Å². The van der Waals surface area contributed by atoms with Gasteiger partial charge in [-0.1, -0.05) is 30.3 Å². The van der Waals surface area contributed by atoms with Crippen LogP contribution in [0.1, 0.15) is 20.8 Å². The van der Waals surface area contributed by atoms with Crippen LogP contribution in [0.2, 0.25) is 0 Å². The molecule has 4 rings (SSSR count). The molecule has 0 amide bonds. The number of piperazine rings is 1. The lowest BCUT2D eigenvalue weighted by atomic mass is 10.1. The molecule has 1 aliphatic heterocycles. The first-order valence-electron chi connectivity index (χ1n) is 9.97. The Morgan fingerprint density at radius 1 is 0.828 bits per heavy atom. The van der Waals surface area contributed by atoms with Crippen LogP contribution >= 0.6 is 0 Å². The molecule has 0 atom stereocenters. The first-order valence-corrected chi connectivity index (χ1v) is 9.97. The number of hydrogen-bond donors (Lipinski definition) is 1. The van der Waals surface area contributed by atoms with Crippen molar-refractivity contribution in [3.8, 4) is 11.3 Å². The van der Waals surface area contributed by atoms with Crippen LogP contribution in [0.3, 0.4) is 0 Å². The highest BCUT2D eigenvalue weighted by Gasteiger charge is 2.22. The Balaban J connectivity index is 1.59. The van der Waals surface area contributed by atoms with Gasteiger partial charge < -0.3 is 15.1 Å². The van der Waals surface area contributed by atoms with Crippen molar-refractivity contribution < 1.29 is 0 Å². The van der Waals surface area contributed by atoms with Gasteiger partial charge in [0.05, 0.1) is 5.69 Å². The number of hydrogen-bond acceptors (Lipinski definition) is 7. The summed E-state index contributed by atoms with van der Waals surface area (Å²) >= 11 is 0. The van der Waals surface area contributed by atoms with E-state index in [1.165, 1.54) is 0 Å². The quantitative estimate of drug-likeness (QED) is 0.733. The average Bonchev–Trinajstić information content (AvgIpc) is 2.74. The molecule has 3 aromatic rings. The summed E-state index contributed by atoms with van der Waals surface area (Å²) in [5.74, 6) is 2.39. The van der Waals surface area contributed by atoms with Crippen LogP contribution in [-0.4, -0.2) is 51.7 Å². The standard InChI is InChI=1S/C22H27N7/c1-22(2,3)27-20-25-18(17-8-5-4-6-9-17)16-19(26-20)28-12-14-29(15-13-28)21-23-10-7-11-24-21/h4-11,16H,12-15H2,1-3H3,(H,25,26,27). The van der Waals surface area contributed by atoms with E-state index in [1.54, 1.807) is 12.4 Å². The molecule has 0 bridgehead atoms. The Labute approximate surface area is 171 Å². The van der Waals surface area contributed by atoms with Crippen LogP contribution < -0.4 is 15.1 Å². The molecule has 150 valence electrons. The summed E-state index contributed by atoms with van der Waals surface area (Å²) in [6.45, 7) is 9.78. The Hall–Kier alpha value is -3.22. The Kier molecular flexibility index (Phi) is 5.29. The maximum absolute atomic E-state index is 4.82. The van der Waals surface area contributed by atoms with Gasteiger partial charge in [-0.15, -0.1) is 0 Å². The van der Waals surface area contributed by atoms with Crippen LogP contribution in [-0.2, 0) is 0 Å². The molecule has 3 heterocycles. The van der Waals surface area contributed by atoms with Gasteiger partial charge >= 0.3 is 0 Å². The van der Waals surface area contributed by atoms with E-state index in [2.05, 4.69) is 64.1 Å². The molecule has 0 radical (unpaired) electrons. The second-order valence-corrected chi connectivity index (χ2v) is 8.20. The topological polar surface area (TPSA) is 70.1 Å². The third kappa shape index (κ3) is 4.80. The maximum Gasteiger partial charge on any atom is 0.225 e. The van der Waals surface area contributed by atoms with E-state index in [0.29, 0.717) is 5.95 Å². The lowest BCUT2D eigenvalue weighted by Crippen LogP contribution is -2.47. The van der Waals surface area contributed by atoms with Gasteiger partial charge in [-0.25, -0.2) is 15.0 Å². The summed E-state index contributed by atoms with van der Waals surface area (Å²) in [6, 6.07) is 14.2. The van der Waals surface area contributed by atoms with E-state index in [9.17, 15) is 0 Å². The monoisotopic (exact) mass is 389 g/mol. The van der Waals surface area contributed by atoms with Crippen LogP contribution in [0.5, 0.6) is 0 Å². The fourth-order valence-corrected chi connectivity index (χ4v) is 3.33. The minimum Gasteiger partial charge on any atom is -0.353 e. The third-order valence-electron chi connectivity index (χ3n) is 4.71. The molecule has 7 heteroatoms. The number of anilines is 3. The fourth-order valence-electron chi connectivity index (χ4n) is 3.33. The van der Waals surface area contributed by atoms with Gasteiger partial charge in [0.25, 0.3) is 0 Å². The van der Waals surface area contributed by atoms with Crippen molar-refractivity contribution in [1.29, 1.82) is 0 Å². The molecular weight excluding hydrogens is 362 g/mol. The number of nitrogens with one attached hydrogen (secondary N) is 1. The summed E-state index contributed by atoms with van der Waals surface area (Å²) in [5.41, 5.74) is 1.90. The van der Waals surface area contributed by atoms with Crippen molar-refractivity contribution in [2.75, 3.05) is 41.3 Å². The second-order valence-electron chi connectivity index (χ2n) is 8.20. The highest BCUT2D eigenvalue weighted by Crippen LogP contribution is 2.25. The molecule has 0 saturated carbocycles. The maximum atomic E-state index is 4.82. The zero-order valence-electron chi connectivity index (χ0n) is 17.2. The zero-order chi connectivity index (χ0) is 20.3.